The zero-order valence-corrected chi connectivity index (χ0v) is 12.8. The molecule has 4 rings (SSSR count). The number of benzene rings is 1. The predicted octanol–water partition coefficient (Wildman–Crippen LogP) is 2.12. The van der Waals surface area contributed by atoms with Crippen LogP contribution in [-0.2, 0) is 13.0 Å². The highest BCUT2D eigenvalue weighted by atomic mass is 16.5. The summed E-state index contributed by atoms with van der Waals surface area (Å²) in [7, 11) is 0. The van der Waals surface area contributed by atoms with Crippen molar-refractivity contribution in [2.75, 3.05) is 19.7 Å². The van der Waals surface area contributed by atoms with E-state index in [4.69, 9.17) is 4.74 Å². The number of nitrogens with zero attached hydrogens (tertiary/aromatic N) is 3. The highest BCUT2D eigenvalue weighted by molar-refractivity contribution is 5.38. The molecular weight excluding hydrogens is 276 g/mol. The van der Waals surface area contributed by atoms with Crippen molar-refractivity contribution in [1.29, 1.82) is 0 Å². The molecule has 116 valence electrons. The van der Waals surface area contributed by atoms with E-state index in [0.29, 0.717) is 5.92 Å². The molecule has 0 aliphatic carbocycles. The molecule has 0 saturated carbocycles. The molecule has 22 heavy (non-hydrogen) atoms. The Morgan fingerprint density at radius 3 is 3.23 bits per heavy atom. The van der Waals surface area contributed by atoms with Gasteiger partial charge in [-0.05, 0) is 49.4 Å². The number of rotatable bonds is 3. The molecule has 1 aromatic heterocycles. The number of piperidine rings is 1. The molecule has 1 atom stereocenters. The molecule has 0 spiro atoms. The third-order valence-electron chi connectivity index (χ3n) is 4.59. The van der Waals surface area contributed by atoms with Crippen LogP contribution in [0.25, 0.3) is 0 Å². The van der Waals surface area contributed by atoms with Crippen molar-refractivity contribution < 1.29 is 4.74 Å². The van der Waals surface area contributed by atoms with Crippen molar-refractivity contribution in [3.05, 3.63) is 41.2 Å². The summed E-state index contributed by atoms with van der Waals surface area (Å²) < 4.78 is 7.62. The maximum atomic E-state index is 5.67. The number of aromatic nitrogens is 3. The molecular formula is C17H22N4O. The van der Waals surface area contributed by atoms with Crippen molar-refractivity contribution >= 4 is 0 Å². The van der Waals surface area contributed by atoms with Crippen molar-refractivity contribution in [3.63, 3.8) is 0 Å². The van der Waals surface area contributed by atoms with Crippen LogP contribution >= 0.6 is 0 Å². The standard InChI is InChI=1S/C17H22N4O/c1-3-15(10-18-7-1)16-12-21(20-19-16)11-13-5-6-17-14(9-13)4-2-8-22-17/h5-6,9,12,15,18H,1-4,7-8,10-11H2/t15-/m1/s1. The summed E-state index contributed by atoms with van der Waals surface area (Å²) in [5.41, 5.74) is 3.71. The number of nitrogens with one attached hydrogen (secondary N) is 1. The van der Waals surface area contributed by atoms with Gasteiger partial charge >= 0.3 is 0 Å². The number of aryl methyl sites for hydroxylation is 1. The molecule has 2 aliphatic heterocycles. The zero-order valence-electron chi connectivity index (χ0n) is 12.8. The Morgan fingerprint density at radius 1 is 1.32 bits per heavy atom. The topological polar surface area (TPSA) is 52.0 Å². The highest BCUT2D eigenvalue weighted by Gasteiger charge is 2.18. The molecule has 0 unspecified atom stereocenters. The van der Waals surface area contributed by atoms with E-state index < -0.39 is 0 Å². The smallest absolute Gasteiger partial charge is 0.122 e. The normalized spacial score (nSPS) is 21.2. The van der Waals surface area contributed by atoms with Crippen LogP contribution in [0.4, 0.5) is 0 Å². The predicted molar refractivity (Wildman–Crippen MR) is 84.2 cm³/mol. The summed E-state index contributed by atoms with van der Waals surface area (Å²) in [6, 6.07) is 6.47. The SMILES string of the molecule is c1cc2c(cc1Cn1cc([C@@H]3CCCNC3)nn1)CCCO2. The summed E-state index contributed by atoms with van der Waals surface area (Å²) in [6.07, 6.45) is 6.76. The van der Waals surface area contributed by atoms with Crippen LogP contribution in [0.5, 0.6) is 5.75 Å². The van der Waals surface area contributed by atoms with Crippen LogP contribution in [0.15, 0.2) is 24.4 Å². The summed E-state index contributed by atoms with van der Waals surface area (Å²) in [5.74, 6) is 1.56. The second kappa shape index (κ2) is 6.08. The fourth-order valence-corrected chi connectivity index (χ4v) is 3.38. The lowest BCUT2D eigenvalue weighted by Crippen LogP contribution is -2.28. The Kier molecular flexibility index (Phi) is 3.81. The average Bonchev–Trinajstić information content (AvgIpc) is 3.04. The minimum Gasteiger partial charge on any atom is -0.493 e. The maximum Gasteiger partial charge on any atom is 0.122 e. The fourth-order valence-electron chi connectivity index (χ4n) is 3.38. The Bertz CT molecular complexity index is 646. The molecule has 5 heteroatoms. The van der Waals surface area contributed by atoms with Gasteiger partial charge in [-0.25, -0.2) is 4.68 Å². The molecule has 2 aromatic rings. The van der Waals surface area contributed by atoms with Gasteiger partial charge in [-0.15, -0.1) is 5.10 Å². The van der Waals surface area contributed by atoms with Crippen LogP contribution in [0.1, 0.15) is 42.0 Å². The second-order valence-electron chi connectivity index (χ2n) is 6.28. The summed E-state index contributed by atoms with van der Waals surface area (Å²) in [5, 5.41) is 12.1. The Labute approximate surface area is 130 Å². The lowest BCUT2D eigenvalue weighted by molar-refractivity contribution is 0.288. The van der Waals surface area contributed by atoms with Gasteiger partial charge in [0.1, 0.15) is 5.75 Å². The van der Waals surface area contributed by atoms with E-state index in [0.717, 1.165) is 50.5 Å². The molecule has 1 saturated heterocycles. The summed E-state index contributed by atoms with van der Waals surface area (Å²) in [4.78, 5) is 0. The van der Waals surface area contributed by atoms with Crippen molar-refractivity contribution in [1.82, 2.24) is 20.3 Å². The first-order valence-electron chi connectivity index (χ1n) is 8.24. The van der Waals surface area contributed by atoms with E-state index in [2.05, 4.69) is 40.0 Å². The minimum atomic E-state index is 0.513. The highest BCUT2D eigenvalue weighted by Crippen LogP contribution is 2.26. The molecule has 1 N–H and O–H groups in total. The Morgan fingerprint density at radius 2 is 2.32 bits per heavy atom. The lowest BCUT2D eigenvalue weighted by atomic mass is 9.97. The number of ether oxygens (including phenoxy) is 1. The lowest BCUT2D eigenvalue weighted by Gasteiger charge is -2.20. The van der Waals surface area contributed by atoms with Crippen molar-refractivity contribution in [3.8, 4) is 5.75 Å². The van der Waals surface area contributed by atoms with Crippen LogP contribution in [-0.4, -0.2) is 34.7 Å². The van der Waals surface area contributed by atoms with Crippen LogP contribution in [0.3, 0.4) is 0 Å². The zero-order chi connectivity index (χ0) is 14.8. The second-order valence-corrected chi connectivity index (χ2v) is 6.28. The van der Waals surface area contributed by atoms with Gasteiger partial charge in [-0.3, -0.25) is 0 Å². The van der Waals surface area contributed by atoms with Gasteiger partial charge in [0, 0.05) is 18.7 Å². The van der Waals surface area contributed by atoms with E-state index in [1.54, 1.807) is 0 Å². The van der Waals surface area contributed by atoms with E-state index >= 15 is 0 Å². The number of hydrogen-bond donors (Lipinski definition) is 1. The number of fused-ring (bicyclic) bond motifs is 1. The molecule has 0 amide bonds. The van der Waals surface area contributed by atoms with Gasteiger partial charge in [-0.2, -0.15) is 0 Å². The quantitative estimate of drug-likeness (QED) is 0.943. The average molecular weight is 298 g/mol. The van der Waals surface area contributed by atoms with Crippen molar-refractivity contribution in [2.24, 2.45) is 0 Å². The summed E-state index contributed by atoms with van der Waals surface area (Å²) in [6.45, 7) is 3.77. The van der Waals surface area contributed by atoms with E-state index in [-0.39, 0.29) is 0 Å². The van der Waals surface area contributed by atoms with Crippen LogP contribution in [0, 0.1) is 0 Å². The molecule has 2 aliphatic rings. The third-order valence-corrected chi connectivity index (χ3v) is 4.59. The van der Waals surface area contributed by atoms with E-state index in [1.165, 1.54) is 24.0 Å². The first kappa shape index (κ1) is 13.8. The van der Waals surface area contributed by atoms with E-state index in [9.17, 15) is 0 Å². The van der Waals surface area contributed by atoms with Gasteiger partial charge in [0.15, 0.2) is 0 Å². The third kappa shape index (κ3) is 2.86. The largest absolute Gasteiger partial charge is 0.493 e. The van der Waals surface area contributed by atoms with Crippen LogP contribution < -0.4 is 10.1 Å². The molecule has 0 radical (unpaired) electrons. The van der Waals surface area contributed by atoms with Gasteiger partial charge in [-0.1, -0.05) is 17.3 Å². The van der Waals surface area contributed by atoms with Gasteiger partial charge in [0.05, 0.1) is 18.8 Å². The summed E-state index contributed by atoms with van der Waals surface area (Å²) >= 11 is 0. The molecule has 0 bridgehead atoms. The van der Waals surface area contributed by atoms with Crippen molar-refractivity contribution in [2.45, 2.75) is 38.1 Å². The molecule has 1 fully saturated rings. The van der Waals surface area contributed by atoms with Gasteiger partial charge in [0.2, 0.25) is 0 Å². The Hall–Kier alpha value is -1.88. The first-order chi connectivity index (χ1) is 10.9. The maximum absolute atomic E-state index is 5.67. The Balaban J connectivity index is 1.48. The molecule has 1 aromatic carbocycles. The fraction of sp³-hybridized carbons (Fsp3) is 0.529. The van der Waals surface area contributed by atoms with E-state index in [1.807, 2.05) is 4.68 Å². The first-order valence-corrected chi connectivity index (χ1v) is 8.24. The minimum absolute atomic E-state index is 0.513. The number of hydrogen-bond acceptors (Lipinski definition) is 4. The van der Waals surface area contributed by atoms with Gasteiger partial charge < -0.3 is 10.1 Å². The molecule has 3 heterocycles. The monoisotopic (exact) mass is 298 g/mol. The molecule has 5 nitrogen and oxygen atoms in total. The van der Waals surface area contributed by atoms with Gasteiger partial charge in [0.25, 0.3) is 0 Å². The van der Waals surface area contributed by atoms with Crippen LogP contribution in [0.2, 0.25) is 0 Å².